The number of hydrogen-bond acceptors (Lipinski definition) is 3. The van der Waals surface area contributed by atoms with Gasteiger partial charge in [0.1, 0.15) is 5.60 Å². The highest BCUT2D eigenvalue weighted by Gasteiger charge is 2.46. The van der Waals surface area contributed by atoms with Gasteiger partial charge in [-0.05, 0) is 25.3 Å². The molecular weight excluding hydrogens is 204 g/mol. The average molecular weight is 226 g/mol. The Morgan fingerprint density at radius 2 is 2.19 bits per heavy atom. The van der Waals surface area contributed by atoms with Crippen LogP contribution in [0.5, 0.6) is 0 Å². The molecule has 0 saturated carbocycles. The van der Waals surface area contributed by atoms with Crippen LogP contribution in [0.3, 0.4) is 0 Å². The van der Waals surface area contributed by atoms with Crippen molar-refractivity contribution >= 4 is 5.91 Å². The van der Waals surface area contributed by atoms with E-state index in [9.17, 15) is 9.90 Å². The van der Waals surface area contributed by atoms with Gasteiger partial charge >= 0.3 is 0 Å². The van der Waals surface area contributed by atoms with Crippen LogP contribution in [0.2, 0.25) is 0 Å². The molecule has 2 fully saturated rings. The number of rotatable bonds is 2. The third-order valence-electron chi connectivity index (χ3n) is 3.96. The van der Waals surface area contributed by atoms with Gasteiger partial charge in [0.05, 0.1) is 19.0 Å². The normalized spacial score (nSPS) is 29.0. The molecule has 2 N–H and O–H groups in total. The molecule has 0 bridgehead atoms. The van der Waals surface area contributed by atoms with Gasteiger partial charge < -0.3 is 15.3 Å². The van der Waals surface area contributed by atoms with Crippen molar-refractivity contribution in [1.82, 2.24) is 10.2 Å². The summed E-state index contributed by atoms with van der Waals surface area (Å²) in [6, 6.07) is 0. The predicted octanol–water partition coefficient (Wildman–Crippen LogP) is 0.215. The molecule has 2 heterocycles. The molecule has 92 valence electrons. The summed E-state index contributed by atoms with van der Waals surface area (Å²) < 4.78 is 0. The summed E-state index contributed by atoms with van der Waals surface area (Å²) in [6.45, 7) is 6.86. The lowest BCUT2D eigenvalue weighted by atomic mass is 9.82. The van der Waals surface area contributed by atoms with E-state index in [4.69, 9.17) is 0 Å². The second-order valence-corrected chi connectivity index (χ2v) is 5.50. The highest BCUT2D eigenvalue weighted by atomic mass is 16.3. The fourth-order valence-corrected chi connectivity index (χ4v) is 2.46. The fourth-order valence-electron chi connectivity index (χ4n) is 2.46. The molecule has 0 aromatic rings. The molecule has 4 heteroatoms. The van der Waals surface area contributed by atoms with Crippen LogP contribution in [0, 0.1) is 11.8 Å². The summed E-state index contributed by atoms with van der Waals surface area (Å²) in [5.41, 5.74) is -0.641. The molecule has 1 amide bonds. The van der Waals surface area contributed by atoms with Crippen molar-refractivity contribution in [1.29, 1.82) is 0 Å². The molecule has 0 radical (unpaired) electrons. The van der Waals surface area contributed by atoms with E-state index < -0.39 is 5.60 Å². The summed E-state index contributed by atoms with van der Waals surface area (Å²) >= 11 is 0. The van der Waals surface area contributed by atoms with E-state index in [0.29, 0.717) is 13.1 Å². The Morgan fingerprint density at radius 1 is 1.50 bits per heavy atom. The largest absolute Gasteiger partial charge is 0.386 e. The second-order valence-electron chi connectivity index (χ2n) is 5.50. The number of likely N-dealkylation sites (tertiary alicyclic amines) is 1. The van der Waals surface area contributed by atoms with E-state index in [1.54, 1.807) is 4.90 Å². The van der Waals surface area contributed by atoms with Crippen LogP contribution in [-0.4, -0.2) is 47.7 Å². The Kier molecular flexibility index (Phi) is 3.22. The predicted molar refractivity (Wildman–Crippen MR) is 62.0 cm³/mol. The SMILES string of the molecule is CC(C)C1(O)CN(C(=O)[C@H]2CCCNC2)C1. The van der Waals surface area contributed by atoms with Gasteiger partial charge in [-0.25, -0.2) is 0 Å². The minimum Gasteiger partial charge on any atom is -0.386 e. The highest BCUT2D eigenvalue weighted by molar-refractivity contribution is 5.80. The zero-order chi connectivity index (χ0) is 11.8. The molecule has 2 aliphatic heterocycles. The molecule has 4 nitrogen and oxygen atoms in total. The van der Waals surface area contributed by atoms with E-state index in [1.807, 2.05) is 13.8 Å². The third kappa shape index (κ3) is 2.09. The Labute approximate surface area is 97.0 Å². The third-order valence-corrected chi connectivity index (χ3v) is 3.96. The zero-order valence-corrected chi connectivity index (χ0v) is 10.2. The van der Waals surface area contributed by atoms with E-state index >= 15 is 0 Å². The van der Waals surface area contributed by atoms with E-state index in [2.05, 4.69) is 5.32 Å². The molecule has 0 spiro atoms. The molecule has 2 aliphatic rings. The Balaban J connectivity index is 1.84. The van der Waals surface area contributed by atoms with Crippen LogP contribution in [0.1, 0.15) is 26.7 Å². The maximum atomic E-state index is 12.1. The van der Waals surface area contributed by atoms with Gasteiger partial charge in [0, 0.05) is 6.54 Å². The van der Waals surface area contributed by atoms with Crippen molar-refractivity contribution in [2.75, 3.05) is 26.2 Å². The van der Waals surface area contributed by atoms with E-state index in [1.165, 1.54) is 0 Å². The molecular formula is C12H22N2O2. The number of piperidine rings is 1. The highest BCUT2D eigenvalue weighted by Crippen LogP contribution is 2.30. The first-order valence-electron chi connectivity index (χ1n) is 6.25. The summed E-state index contributed by atoms with van der Waals surface area (Å²) in [6.07, 6.45) is 2.07. The van der Waals surface area contributed by atoms with Crippen LogP contribution in [-0.2, 0) is 4.79 Å². The number of β-amino-alcohol motifs (C(OH)–C–C–N with tert-alkyl or cyclic N) is 1. The zero-order valence-electron chi connectivity index (χ0n) is 10.2. The first kappa shape index (κ1) is 11.9. The van der Waals surface area contributed by atoms with Crippen molar-refractivity contribution in [2.24, 2.45) is 11.8 Å². The van der Waals surface area contributed by atoms with Crippen LogP contribution < -0.4 is 5.32 Å². The minimum atomic E-state index is -0.641. The Hall–Kier alpha value is -0.610. The number of carbonyl (C=O) groups is 1. The fraction of sp³-hybridized carbons (Fsp3) is 0.917. The number of carbonyl (C=O) groups excluding carboxylic acids is 1. The van der Waals surface area contributed by atoms with Crippen LogP contribution >= 0.6 is 0 Å². The number of nitrogens with zero attached hydrogens (tertiary/aromatic N) is 1. The van der Waals surface area contributed by atoms with Crippen molar-refractivity contribution < 1.29 is 9.90 Å². The maximum Gasteiger partial charge on any atom is 0.227 e. The molecule has 1 atom stereocenters. The van der Waals surface area contributed by atoms with Gasteiger partial charge in [0.2, 0.25) is 5.91 Å². The Bertz CT molecular complexity index is 266. The summed E-state index contributed by atoms with van der Waals surface area (Å²) in [4.78, 5) is 13.9. The summed E-state index contributed by atoms with van der Waals surface area (Å²) in [5.74, 6) is 0.573. The van der Waals surface area contributed by atoms with Crippen molar-refractivity contribution in [3.63, 3.8) is 0 Å². The van der Waals surface area contributed by atoms with Gasteiger partial charge in [0.25, 0.3) is 0 Å². The van der Waals surface area contributed by atoms with Gasteiger partial charge in [0.15, 0.2) is 0 Å². The summed E-state index contributed by atoms with van der Waals surface area (Å²) in [5, 5.41) is 13.3. The maximum absolute atomic E-state index is 12.1. The number of amides is 1. The van der Waals surface area contributed by atoms with Crippen molar-refractivity contribution in [3.8, 4) is 0 Å². The lowest BCUT2D eigenvalue weighted by Crippen LogP contribution is -2.67. The first-order valence-corrected chi connectivity index (χ1v) is 6.25. The van der Waals surface area contributed by atoms with Gasteiger partial charge in [-0.1, -0.05) is 13.8 Å². The molecule has 0 aromatic carbocycles. The van der Waals surface area contributed by atoms with Crippen molar-refractivity contribution in [2.45, 2.75) is 32.3 Å². The van der Waals surface area contributed by atoms with E-state index in [-0.39, 0.29) is 17.7 Å². The topological polar surface area (TPSA) is 52.6 Å². The molecule has 0 unspecified atom stereocenters. The Morgan fingerprint density at radius 3 is 2.69 bits per heavy atom. The monoisotopic (exact) mass is 226 g/mol. The lowest BCUT2D eigenvalue weighted by Gasteiger charge is -2.50. The summed E-state index contributed by atoms with van der Waals surface area (Å²) in [7, 11) is 0. The van der Waals surface area contributed by atoms with Crippen LogP contribution in [0.15, 0.2) is 0 Å². The van der Waals surface area contributed by atoms with E-state index in [0.717, 1.165) is 25.9 Å². The van der Waals surface area contributed by atoms with Gasteiger partial charge in [-0.2, -0.15) is 0 Å². The number of nitrogens with one attached hydrogen (secondary N) is 1. The first-order chi connectivity index (χ1) is 7.53. The molecule has 16 heavy (non-hydrogen) atoms. The van der Waals surface area contributed by atoms with Gasteiger partial charge in [-0.15, -0.1) is 0 Å². The molecule has 2 rings (SSSR count). The van der Waals surface area contributed by atoms with Crippen LogP contribution in [0.4, 0.5) is 0 Å². The molecule has 0 aromatic heterocycles. The quantitative estimate of drug-likeness (QED) is 0.708. The smallest absolute Gasteiger partial charge is 0.227 e. The standard InChI is InChI=1S/C12H22N2O2/c1-9(2)12(16)7-14(8-12)11(15)10-4-3-5-13-6-10/h9-10,13,16H,3-8H2,1-2H3/t10-/m0/s1. The minimum absolute atomic E-state index is 0.130. The van der Waals surface area contributed by atoms with Gasteiger partial charge in [-0.3, -0.25) is 4.79 Å². The van der Waals surface area contributed by atoms with Crippen molar-refractivity contribution in [3.05, 3.63) is 0 Å². The number of aliphatic hydroxyl groups is 1. The number of hydrogen-bond donors (Lipinski definition) is 2. The average Bonchev–Trinajstić information content (AvgIpc) is 2.25. The lowest BCUT2D eigenvalue weighted by molar-refractivity contribution is -0.168. The molecule has 0 aliphatic carbocycles. The second kappa shape index (κ2) is 4.34. The molecule has 2 saturated heterocycles. The van der Waals surface area contributed by atoms with Crippen LogP contribution in [0.25, 0.3) is 0 Å².